The number of aliphatic hydroxyl groups is 5. The minimum absolute atomic E-state index is 0. The van der Waals surface area contributed by atoms with Crippen LogP contribution in [0.3, 0.4) is 0 Å². The van der Waals surface area contributed by atoms with Crippen molar-refractivity contribution in [2.45, 2.75) is 62.2 Å². The van der Waals surface area contributed by atoms with Gasteiger partial charge in [0.25, 0.3) is 0 Å². The Hall–Kier alpha value is 0.110. The molecule has 2 aliphatic heterocycles. The van der Waals surface area contributed by atoms with E-state index in [1.807, 2.05) is 0 Å². The average Bonchev–Trinajstić information content (AvgIpc) is 2.58. The summed E-state index contributed by atoms with van der Waals surface area (Å²) in [5.74, 6) is -2.50. The second kappa shape index (κ2) is 10.0. The fourth-order valence-electron chi connectivity index (χ4n) is 2.99. The summed E-state index contributed by atoms with van der Waals surface area (Å²) in [4.78, 5) is 11.2. The smallest absolute Gasteiger partial charge is 0.547 e. The van der Waals surface area contributed by atoms with Crippen LogP contribution in [0, 0.1) is 5.92 Å². The fourth-order valence-corrected chi connectivity index (χ4v) is 2.99. The quantitative estimate of drug-likeness (QED) is 0.282. The number of rotatable bonds is 5. The van der Waals surface area contributed by atoms with Crippen molar-refractivity contribution in [1.82, 2.24) is 0 Å². The van der Waals surface area contributed by atoms with E-state index >= 15 is 0 Å². The second-order valence-corrected chi connectivity index (χ2v) is 6.12. The number of carbonyl (C=O) groups excluding carboxylic acids is 1. The van der Waals surface area contributed by atoms with Gasteiger partial charge in [0.15, 0.2) is 12.6 Å². The van der Waals surface area contributed by atoms with Gasteiger partial charge in [0.05, 0.1) is 18.7 Å². The number of aliphatic hydroxyl groups excluding tert-OH is 5. The molecule has 2 saturated heterocycles. The van der Waals surface area contributed by atoms with Crippen molar-refractivity contribution < 1.29 is 83.9 Å². The van der Waals surface area contributed by atoms with Gasteiger partial charge in [-0.3, -0.25) is 0 Å². The molecule has 0 aromatic rings. The molecule has 12 heteroatoms. The van der Waals surface area contributed by atoms with Gasteiger partial charge in [-0.1, -0.05) is 6.92 Å². The van der Waals surface area contributed by atoms with Gasteiger partial charge in [0.2, 0.25) is 0 Å². The summed E-state index contributed by atoms with van der Waals surface area (Å²) in [6, 6.07) is 0. The van der Waals surface area contributed by atoms with Gasteiger partial charge in [0.1, 0.15) is 36.6 Å². The zero-order valence-corrected chi connectivity index (χ0v) is 16.7. The van der Waals surface area contributed by atoms with Gasteiger partial charge >= 0.3 is 29.6 Å². The molecule has 10 unspecified atom stereocenters. The van der Waals surface area contributed by atoms with E-state index in [9.17, 15) is 35.4 Å². The van der Waals surface area contributed by atoms with Crippen molar-refractivity contribution in [3.63, 3.8) is 0 Å². The molecular formula is C14H23NaO11. The van der Waals surface area contributed by atoms with Gasteiger partial charge in [-0.15, -0.1) is 0 Å². The van der Waals surface area contributed by atoms with E-state index in [1.165, 1.54) is 14.0 Å². The number of aliphatic carboxylic acids is 1. The number of carboxylic acids is 1. The molecule has 0 amide bonds. The maximum absolute atomic E-state index is 11.2. The van der Waals surface area contributed by atoms with E-state index in [2.05, 4.69) is 0 Å². The van der Waals surface area contributed by atoms with Gasteiger partial charge in [0, 0.05) is 13.0 Å². The van der Waals surface area contributed by atoms with Gasteiger partial charge in [-0.2, -0.15) is 0 Å². The number of carboxylic acid groups (broad SMARTS) is 1. The van der Waals surface area contributed by atoms with Crippen LogP contribution in [0.4, 0.5) is 0 Å². The molecule has 146 valence electrons. The first-order chi connectivity index (χ1) is 11.7. The third-order valence-corrected chi connectivity index (χ3v) is 4.52. The third-order valence-electron chi connectivity index (χ3n) is 4.52. The minimum Gasteiger partial charge on any atom is -0.547 e. The summed E-state index contributed by atoms with van der Waals surface area (Å²) in [6.45, 7) is 1.03. The zero-order valence-electron chi connectivity index (χ0n) is 14.7. The Kier molecular flexibility index (Phi) is 9.33. The molecule has 11 nitrogen and oxygen atoms in total. The summed E-state index contributed by atoms with van der Waals surface area (Å²) in [5.41, 5.74) is 0. The largest absolute Gasteiger partial charge is 1.00 e. The van der Waals surface area contributed by atoms with Crippen LogP contribution in [-0.4, -0.2) is 101 Å². The first-order valence-corrected chi connectivity index (χ1v) is 7.76. The number of hydrogen-bond acceptors (Lipinski definition) is 11. The van der Waals surface area contributed by atoms with E-state index in [-0.39, 0.29) is 29.6 Å². The maximum atomic E-state index is 11.2. The molecule has 2 fully saturated rings. The molecule has 2 aliphatic rings. The number of methoxy groups -OCH3 is 1. The monoisotopic (exact) mass is 390 g/mol. The average molecular weight is 390 g/mol. The van der Waals surface area contributed by atoms with Crippen LogP contribution in [0.15, 0.2) is 0 Å². The van der Waals surface area contributed by atoms with Crippen LogP contribution >= 0.6 is 0 Å². The van der Waals surface area contributed by atoms with E-state index < -0.39 is 73.8 Å². The van der Waals surface area contributed by atoms with Crippen molar-refractivity contribution >= 4 is 5.97 Å². The topological polar surface area (TPSA) is 178 Å². The van der Waals surface area contributed by atoms with E-state index in [4.69, 9.17) is 18.9 Å². The molecule has 2 rings (SSSR count). The molecule has 5 N–H and O–H groups in total. The van der Waals surface area contributed by atoms with E-state index in [0.717, 1.165) is 0 Å². The predicted octanol–water partition coefficient (Wildman–Crippen LogP) is -7.71. The molecule has 0 aliphatic carbocycles. The Morgan fingerprint density at radius 1 is 1.08 bits per heavy atom. The third kappa shape index (κ3) is 4.74. The normalized spacial score (nSPS) is 46.4. The zero-order chi connectivity index (χ0) is 18.9. The Labute approximate surface area is 171 Å². The molecule has 0 saturated carbocycles. The standard InChI is InChI=1S/C14H24O11.Na/c1-4-6(16)9(22-2)5(3-15)23-14(4)25-10-7(17)8(18)13(21)24-11(10)12(19)20;/h4-11,13-18,21H,3H2,1-2H3,(H,19,20);/q;+1/p-1. The van der Waals surface area contributed by atoms with Crippen molar-refractivity contribution in [2.24, 2.45) is 5.92 Å². The molecule has 2 heterocycles. The Bertz CT molecular complexity index is 464. The van der Waals surface area contributed by atoms with Gasteiger partial charge < -0.3 is 54.4 Å². The summed E-state index contributed by atoms with van der Waals surface area (Å²) in [7, 11) is 1.33. The maximum Gasteiger partial charge on any atom is 1.00 e. The molecule has 0 radical (unpaired) electrons. The van der Waals surface area contributed by atoms with Crippen LogP contribution in [0.1, 0.15) is 6.92 Å². The van der Waals surface area contributed by atoms with Gasteiger partial charge in [-0.05, 0) is 0 Å². The molecule has 0 aromatic heterocycles. The van der Waals surface area contributed by atoms with E-state index in [1.54, 1.807) is 0 Å². The Morgan fingerprint density at radius 3 is 2.19 bits per heavy atom. The summed E-state index contributed by atoms with van der Waals surface area (Å²) in [5, 5.41) is 60.0. The van der Waals surface area contributed by atoms with Crippen LogP contribution in [0.2, 0.25) is 0 Å². The van der Waals surface area contributed by atoms with Crippen molar-refractivity contribution in [3.8, 4) is 0 Å². The second-order valence-electron chi connectivity index (χ2n) is 6.12. The van der Waals surface area contributed by atoms with Crippen molar-refractivity contribution in [3.05, 3.63) is 0 Å². The summed E-state index contributed by atoms with van der Waals surface area (Å²) in [6.07, 6.45) is -13.2. The molecule has 26 heavy (non-hydrogen) atoms. The van der Waals surface area contributed by atoms with Crippen molar-refractivity contribution in [1.29, 1.82) is 0 Å². The Balaban J connectivity index is 0.00000338. The summed E-state index contributed by atoms with van der Waals surface area (Å²) < 4.78 is 20.7. The minimum atomic E-state index is -1.93. The number of carbonyl (C=O) groups is 1. The van der Waals surface area contributed by atoms with Crippen LogP contribution < -0.4 is 34.7 Å². The first-order valence-electron chi connectivity index (χ1n) is 7.76. The fraction of sp³-hybridized carbons (Fsp3) is 0.929. The SMILES string of the molecule is COC1C(CO)OC(OC2C(C(=O)[O-])OC(O)C(O)C2O)C(C)C1O.[Na+]. The van der Waals surface area contributed by atoms with Crippen molar-refractivity contribution in [2.75, 3.05) is 13.7 Å². The van der Waals surface area contributed by atoms with Crippen LogP contribution in [-0.2, 0) is 23.7 Å². The first kappa shape index (κ1) is 24.1. The van der Waals surface area contributed by atoms with Gasteiger partial charge in [-0.25, -0.2) is 0 Å². The number of hydrogen-bond donors (Lipinski definition) is 5. The van der Waals surface area contributed by atoms with Crippen LogP contribution in [0.25, 0.3) is 0 Å². The van der Waals surface area contributed by atoms with Crippen LogP contribution in [0.5, 0.6) is 0 Å². The number of ether oxygens (including phenoxy) is 4. The molecular weight excluding hydrogens is 367 g/mol. The molecule has 0 bridgehead atoms. The predicted molar refractivity (Wildman–Crippen MR) is 74.5 cm³/mol. The van der Waals surface area contributed by atoms with E-state index in [0.29, 0.717) is 0 Å². The molecule has 0 spiro atoms. The molecule has 10 atom stereocenters. The molecule has 0 aromatic carbocycles. The summed E-state index contributed by atoms with van der Waals surface area (Å²) >= 11 is 0. The Morgan fingerprint density at radius 2 is 1.69 bits per heavy atom.